The third-order valence-electron chi connectivity index (χ3n) is 2.90. The SMILES string of the molecule is N#Cc1ccc(Cl)c(NCc2ccc(C(N)=O)cc2Cl)c1. The van der Waals surface area contributed by atoms with Gasteiger partial charge in [0.15, 0.2) is 0 Å². The highest BCUT2D eigenvalue weighted by Crippen LogP contribution is 2.25. The number of nitrogens with two attached hydrogens (primary N) is 1. The molecule has 4 nitrogen and oxygen atoms in total. The molecule has 1 amide bonds. The fourth-order valence-corrected chi connectivity index (χ4v) is 2.20. The summed E-state index contributed by atoms with van der Waals surface area (Å²) in [6, 6.07) is 11.9. The zero-order chi connectivity index (χ0) is 15.4. The lowest BCUT2D eigenvalue weighted by atomic mass is 10.1. The first-order valence-corrected chi connectivity index (χ1v) is 6.78. The maximum atomic E-state index is 11.1. The van der Waals surface area contributed by atoms with Crippen molar-refractivity contribution in [2.45, 2.75) is 6.54 Å². The third-order valence-corrected chi connectivity index (χ3v) is 3.58. The summed E-state index contributed by atoms with van der Waals surface area (Å²) in [5.74, 6) is -0.527. The van der Waals surface area contributed by atoms with E-state index in [-0.39, 0.29) is 0 Å². The van der Waals surface area contributed by atoms with Crippen molar-refractivity contribution in [3.05, 3.63) is 63.1 Å². The lowest BCUT2D eigenvalue weighted by Gasteiger charge is -2.10. The fourth-order valence-electron chi connectivity index (χ4n) is 1.76. The molecule has 0 radical (unpaired) electrons. The van der Waals surface area contributed by atoms with Crippen LogP contribution < -0.4 is 11.1 Å². The molecule has 2 aromatic carbocycles. The van der Waals surface area contributed by atoms with Crippen molar-refractivity contribution in [1.29, 1.82) is 5.26 Å². The number of rotatable bonds is 4. The van der Waals surface area contributed by atoms with Crippen LogP contribution in [0, 0.1) is 11.3 Å². The number of amides is 1. The van der Waals surface area contributed by atoms with Crippen LogP contribution >= 0.6 is 23.2 Å². The molecule has 0 unspecified atom stereocenters. The summed E-state index contributed by atoms with van der Waals surface area (Å²) in [7, 11) is 0. The van der Waals surface area contributed by atoms with Crippen molar-refractivity contribution >= 4 is 34.8 Å². The van der Waals surface area contributed by atoms with Gasteiger partial charge in [-0.05, 0) is 35.9 Å². The quantitative estimate of drug-likeness (QED) is 0.904. The highest BCUT2D eigenvalue weighted by Gasteiger charge is 2.07. The second-order valence-electron chi connectivity index (χ2n) is 4.33. The molecule has 2 rings (SSSR count). The summed E-state index contributed by atoms with van der Waals surface area (Å²) < 4.78 is 0. The van der Waals surface area contributed by atoms with Gasteiger partial charge in [-0.2, -0.15) is 5.26 Å². The van der Waals surface area contributed by atoms with E-state index in [1.54, 1.807) is 30.3 Å². The van der Waals surface area contributed by atoms with Gasteiger partial charge in [0.1, 0.15) is 0 Å². The molecule has 0 saturated carbocycles. The Hall–Kier alpha value is -2.22. The molecule has 0 aliphatic heterocycles. The summed E-state index contributed by atoms with van der Waals surface area (Å²) >= 11 is 12.2. The predicted octanol–water partition coefficient (Wildman–Crippen LogP) is 3.58. The van der Waals surface area contributed by atoms with E-state index in [0.717, 1.165) is 5.56 Å². The molecule has 0 fully saturated rings. The van der Waals surface area contributed by atoms with E-state index in [4.69, 9.17) is 34.2 Å². The van der Waals surface area contributed by atoms with Crippen molar-refractivity contribution in [2.24, 2.45) is 5.73 Å². The Morgan fingerprint density at radius 3 is 2.57 bits per heavy atom. The number of primary amides is 1. The van der Waals surface area contributed by atoms with Gasteiger partial charge in [0.2, 0.25) is 5.91 Å². The number of hydrogen-bond donors (Lipinski definition) is 2. The Labute approximate surface area is 132 Å². The number of carbonyl (C=O) groups excluding carboxylic acids is 1. The van der Waals surface area contributed by atoms with Crippen LogP contribution in [0.2, 0.25) is 10.0 Å². The number of hydrogen-bond acceptors (Lipinski definition) is 3. The number of halogens is 2. The highest BCUT2D eigenvalue weighted by molar-refractivity contribution is 6.33. The van der Waals surface area contributed by atoms with E-state index in [1.807, 2.05) is 6.07 Å². The molecular formula is C15H11Cl2N3O. The zero-order valence-electron chi connectivity index (χ0n) is 10.9. The average molecular weight is 320 g/mol. The lowest BCUT2D eigenvalue weighted by Crippen LogP contribution is -2.11. The van der Waals surface area contributed by atoms with Crippen molar-refractivity contribution in [1.82, 2.24) is 0 Å². The van der Waals surface area contributed by atoms with Gasteiger partial charge in [-0.25, -0.2) is 0 Å². The van der Waals surface area contributed by atoms with Crippen LogP contribution in [0.4, 0.5) is 5.69 Å². The standard InChI is InChI=1S/C15H11Cl2N3O/c16-12-4-1-9(7-18)5-14(12)20-8-11-3-2-10(15(19)21)6-13(11)17/h1-6,20H,8H2,(H2,19,21). The summed E-state index contributed by atoms with van der Waals surface area (Å²) in [6.07, 6.45) is 0. The van der Waals surface area contributed by atoms with Gasteiger partial charge in [0, 0.05) is 17.1 Å². The number of nitrogens with zero attached hydrogens (tertiary/aromatic N) is 1. The van der Waals surface area contributed by atoms with E-state index < -0.39 is 5.91 Å². The molecular weight excluding hydrogens is 309 g/mol. The second kappa shape index (κ2) is 6.49. The van der Waals surface area contributed by atoms with Gasteiger partial charge >= 0.3 is 0 Å². The molecule has 2 aromatic rings. The zero-order valence-corrected chi connectivity index (χ0v) is 12.4. The Balaban J connectivity index is 2.17. The highest BCUT2D eigenvalue weighted by atomic mass is 35.5. The Bertz CT molecular complexity index is 738. The first-order valence-electron chi connectivity index (χ1n) is 6.03. The minimum absolute atomic E-state index is 0.355. The maximum absolute atomic E-state index is 11.1. The smallest absolute Gasteiger partial charge is 0.248 e. The second-order valence-corrected chi connectivity index (χ2v) is 5.14. The van der Waals surface area contributed by atoms with Crippen LogP contribution in [0.3, 0.4) is 0 Å². The van der Waals surface area contributed by atoms with Crippen LogP contribution in [0.1, 0.15) is 21.5 Å². The van der Waals surface area contributed by atoms with E-state index in [0.29, 0.717) is 33.4 Å². The molecule has 3 N–H and O–H groups in total. The number of benzene rings is 2. The number of anilines is 1. The van der Waals surface area contributed by atoms with E-state index in [1.165, 1.54) is 6.07 Å². The lowest BCUT2D eigenvalue weighted by molar-refractivity contribution is 0.100. The molecule has 0 saturated heterocycles. The third kappa shape index (κ3) is 3.66. The molecule has 0 aromatic heterocycles. The van der Waals surface area contributed by atoms with Crippen LogP contribution in [0.15, 0.2) is 36.4 Å². The van der Waals surface area contributed by atoms with E-state index in [9.17, 15) is 4.79 Å². The van der Waals surface area contributed by atoms with E-state index >= 15 is 0 Å². The minimum atomic E-state index is -0.527. The molecule has 0 spiro atoms. The number of nitrogens with one attached hydrogen (secondary N) is 1. The van der Waals surface area contributed by atoms with Crippen molar-refractivity contribution in [3.63, 3.8) is 0 Å². The molecule has 0 bridgehead atoms. The fraction of sp³-hybridized carbons (Fsp3) is 0.0667. The van der Waals surface area contributed by atoms with Crippen LogP contribution in [-0.4, -0.2) is 5.91 Å². The molecule has 106 valence electrons. The summed E-state index contributed by atoms with van der Waals surface area (Å²) in [5.41, 5.74) is 7.49. The predicted molar refractivity (Wildman–Crippen MR) is 83.5 cm³/mol. The Morgan fingerprint density at radius 2 is 1.95 bits per heavy atom. The van der Waals surface area contributed by atoms with Gasteiger partial charge in [-0.15, -0.1) is 0 Å². The Kier molecular flexibility index (Phi) is 4.69. The van der Waals surface area contributed by atoms with Crippen molar-refractivity contribution in [2.75, 3.05) is 5.32 Å². The van der Waals surface area contributed by atoms with Crippen LogP contribution in [-0.2, 0) is 6.54 Å². The molecule has 21 heavy (non-hydrogen) atoms. The summed E-state index contributed by atoms with van der Waals surface area (Å²) in [6.45, 7) is 0.409. The average Bonchev–Trinajstić information content (AvgIpc) is 2.47. The van der Waals surface area contributed by atoms with Crippen molar-refractivity contribution in [3.8, 4) is 6.07 Å². The van der Waals surface area contributed by atoms with Crippen LogP contribution in [0.5, 0.6) is 0 Å². The minimum Gasteiger partial charge on any atom is -0.380 e. The van der Waals surface area contributed by atoms with Gasteiger partial charge < -0.3 is 11.1 Å². The van der Waals surface area contributed by atoms with Gasteiger partial charge in [-0.3, -0.25) is 4.79 Å². The molecule has 0 heterocycles. The molecule has 0 aliphatic carbocycles. The van der Waals surface area contributed by atoms with Crippen molar-refractivity contribution < 1.29 is 4.79 Å². The largest absolute Gasteiger partial charge is 0.380 e. The topological polar surface area (TPSA) is 78.9 Å². The van der Waals surface area contributed by atoms with Gasteiger partial charge in [0.05, 0.1) is 22.3 Å². The summed E-state index contributed by atoms with van der Waals surface area (Å²) in [5, 5.41) is 12.9. The Morgan fingerprint density at radius 1 is 1.19 bits per heavy atom. The number of carbonyl (C=O) groups is 1. The molecule has 0 atom stereocenters. The first kappa shape index (κ1) is 15.2. The molecule has 0 aliphatic rings. The van der Waals surface area contributed by atoms with Crippen LogP contribution in [0.25, 0.3) is 0 Å². The normalized spacial score (nSPS) is 9.95. The maximum Gasteiger partial charge on any atom is 0.248 e. The van der Waals surface area contributed by atoms with E-state index in [2.05, 4.69) is 5.32 Å². The van der Waals surface area contributed by atoms with Gasteiger partial charge in [-0.1, -0.05) is 29.3 Å². The van der Waals surface area contributed by atoms with Gasteiger partial charge in [0.25, 0.3) is 0 Å². The monoisotopic (exact) mass is 319 g/mol. The summed E-state index contributed by atoms with van der Waals surface area (Å²) in [4.78, 5) is 11.1. The molecule has 6 heteroatoms. The first-order chi connectivity index (χ1) is 10.0. The number of nitriles is 1.